The fourth-order valence-electron chi connectivity index (χ4n) is 2.08. The van der Waals surface area contributed by atoms with E-state index in [2.05, 4.69) is 28.3 Å². The highest BCUT2D eigenvalue weighted by Crippen LogP contribution is 2.03. The second kappa shape index (κ2) is 9.11. The smallest absolute Gasteiger partial charge is 0.108 e. The summed E-state index contributed by atoms with van der Waals surface area (Å²) >= 11 is 0. The first kappa shape index (κ1) is 15.2. The fraction of sp³-hybridized carbons (Fsp3) is 0.786. The Morgan fingerprint density at radius 3 is 2.72 bits per heavy atom. The Bertz CT molecular complexity index is 308. The molecule has 1 aromatic heterocycles. The summed E-state index contributed by atoms with van der Waals surface area (Å²) in [5.74, 6) is 1.18. The molecule has 4 heteroatoms. The standard InChI is InChI=1S/C14H27N3O/c1-4-16(5-2)10-7-8-14-15-9-11-17(14)12-13-18-6-3/h9,11H,4-8,10,12-13H2,1-3H3. The van der Waals surface area contributed by atoms with E-state index in [0.717, 1.165) is 45.8 Å². The van der Waals surface area contributed by atoms with Gasteiger partial charge in [-0.3, -0.25) is 0 Å². The van der Waals surface area contributed by atoms with E-state index in [1.807, 2.05) is 19.3 Å². The second-order valence-corrected chi connectivity index (χ2v) is 4.36. The largest absolute Gasteiger partial charge is 0.380 e. The van der Waals surface area contributed by atoms with Gasteiger partial charge < -0.3 is 14.2 Å². The van der Waals surface area contributed by atoms with E-state index in [-0.39, 0.29) is 0 Å². The van der Waals surface area contributed by atoms with Gasteiger partial charge >= 0.3 is 0 Å². The van der Waals surface area contributed by atoms with Crippen molar-refractivity contribution in [2.24, 2.45) is 0 Å². The zero-order valence-electron chi connectivity index (χ0n) is 12.1. The van der Waals surface area contributed by atoms with Crippen molar-refractivity contribution in [1.82, 2.24) is 14.5 Å². The monoisotopic (exact) mass is 253 g/mol. The molecule has 0 atom stereocenters. The molecule has 1 rings (SSSR count). The minimum Gasteiger partial charge on any atom is -0.380 e. The van der Waals surface area contributed by atoms with Crippen LogP contribution < -0.4 is 0 Å². The van der Waals surface area contributed by atoms with Crippen LogP contribution in [0.5, 0.6) is 0 Å². The number of aryl methyl sites for hydroxylation is 1. The second-order valence-electron chi connectivity index (χ2n) is 4.36. The Morgan fingerprint density at radius 1 is 1.28 bits per heavy atom. The molecule has 0 saturated carbocycles. The van der Waals surface area contributed by atoms with Gasteiger partial charge in [0.1, 0.15) is 5.82 Å². The van der Waals surface area contributed by atoms with Gasteiger partial charge in [0.15, 0.2) is 0 Å². The number of nitrogens with zero attached hydrogens (tertiary/aromatic N) is 3. The lowest BCUT2D eigenvalue weighted by molar-refractivity contribution is 0.138. The molecule has 18 heavy (non-hydrogen) atoms. The Kier molecular flexibility index (Phi) is 7.69. The molecule has 0 aliphatic carbocycles. The summed E-state index contributed by atoms with van der Waals surface area (Å²) in [7, 11) is 0. The topological polar surface area (TPSA) is 30.3 Å². The molecule has 0 unspecified atom stereocenters. The van der Waals surface area contributed by atoms with Gasteiger partial charge in [-0.05, 0) is 33.0 Å². The molecule has 4 nitrogen and oxygen atoms in total. The molecule has 0 aromatic carbocycles. The molecule has 0 aliphatic rings. The summed E-state index contributed by atoms with van der Waals surface area (Å²) < 4.78 is 7.59. The summed E-state index contributed by atoms with van der Waals surface area (Å²) in [6, 6.07) is 0. The Balaban J connectivity index is 2.31. The number of ether oxygens (including phenoxy) is 1. The van der Waals surface area contributed by atoms with E-state index in [0.29, 0.717) is 0 Å². The minimum atomic E-state index is 0.774. The minimum absolute atomic E-state index is 0.774. The van der Waals surface area contributed by atoms with Crippen LogP contribution in [0.15, 0.2) is 12.4 Å². The average molecular weight is 253 g/mol. The Hall–Kier alpha value is -0.870. The van der Waals surface area contributed by atoms with Gasteiger partial charge in [0, 0.05) is 32.0 Å². The van der Waals surface area contributed by atoms with Crippen LogP contribution in [0.3, 0.4) is 0 Å². The SMILES string of the molecule is CCOCCn1ccnc1CCCN(CC)CC. The van der Waals surface area contributed by atoms with Crippen molar-refractivity contribution in [2.75, 3.05) is 32.8 Å². The van der Waals surface area contributed by atoms with Gasteiger partial charge in [-0.2, -0.15) is 0 Å². The summed E-state index contributed by atoms with van der Waals surface area (Å²) in [4.78, 5) is 6.88. The number of imidazole rings is 1. The van der Waals surface area contributed by atoms with Crippen LogP contribution in [0, 0.1) is 0 Å². The summed E-state index contributed by atoms with van der Waals surface area (Å²) in [6.07, 6.45) is 6.16. The third-order valence-corrected chi connectivity index (χ3v) is 3.25. The van der Waals surface area contributed by atoms with Crippen LogP contribution in [0.1, 0.15) is 33.0 Å². The normalized spacial score (nSPS) is 11.3. The molecule has 0 saturated heterocycles. The third-order valence-electron chi connectivity index (χ3n) is 3.25. The molecular formula is C14H27N3O. The highest BCUT2D eigenvalue weighted by atomic mass is 16.5. The molecular weight excluding hydrogens is 226 g/mol. The van der Waals surface area contributed by atoms with Crippen molar-refractivity contribution in [3.8, 4) is 0 Å². The summed E-state index contributed by atoms with van der Waals surface area (Å²) in [5.41, 5.74) is 0. The first-order valence-electron chi connectivity index (χ1n) is 7.11. The molecule has 0 amide bonds. The predicted octanol–water partition coefficient (Wildman–Crippen LogP) is 2.19. The van der Waals surface area contributed by atoms with Crippen molar-refractivity contribution in [1.29, 1.82) is 0 Å². The average Bonchev–Trinajstić information content (AvgIpc) is 2.83. The van der Waals surface area contributed by atoms with Gasteiger partial charge in [0.2, 0.25) is 0 Å². The Labute approximate surface area is 111 Å². The Morgan fingerprint density at radius 2 is 2.06 bits per heavy atom. The van der Waals surface area contributed by atoms with Crippen LogP contribution in [0.2, 0.25) is 0 Å². The van der Waals surface area contributed by atoms with Crippen molar-refractivity contribution >= 4 is 0 Å². The van der Waals surface area contributed by atoms with E-state index in [4.69, 9.17) is 4.74 Å². The van der Waals surface area contributed by atoms with Crippen molar-refractivity contribution in [3.63, 3.8) is 0 Å². The molecule has 0 bridgehead atoms. The number of aromatic nitrogens is 2. The van der Waals surface area contributed by atoms with Crippen molar-refractivity contribution < 1.29 is 4.74 Å². The molecule has 0 spiro atoms. The van der Waals surface area contributed by atoms with E-state index in [1.54, 1.807) is 0 Å². The van der Waals surface area contributed by atoms with E-state index in [9.17, 15) is 0 Å². The lowest BCUT2D eigenvalue weighted by atomic mass is 10.2. The number of rotatable bonds is 10. The first-order chi connectivity index (χ1) is 8.81. The predicted molar refractivity (Wildman–Crippen MR) is 74.8 cm³/mol. The van der Waals surface area contributed by atoms with Crippen LogP contribution in [0.4, 0.5) is 0 Å². The fourth-order valence-corrected chi connectivity index (χ4v) is 2.08. The maximum Gasteiger partial charge on any atom is 0.108 e. The number of hydrogen-bond acceptors (Lipinski definition) is 3. The lowest BCUT2D eigenvalue weighted by Gasteiger charge is -2.17. The van der Waals surface area contributed by atoms with Crippen molar-refractivity contribution in [3.05, 3.63) is 18.2 Å². The molecule has 0 radical (unpaired) electrons. The summed E-state index contributed by atoms with van der Waals surface area (Å²) in [6.45, 7) is 12.4. The maximum atomic E-state index is 5.38. The molecule has 0 fully saturated rings. The number of hydrogen-bond donors (Lipinski definition) is 0. The van der Waals surface area contributed by atoms with E-state index < -0.39 is 0 Å². The van der Waals surface area contributed by atoms with E-state index in [1.165, 1.54) is 12.2 Å². The highest BCUT2D eigenvalue weighted by molar-refractivity contribution is 4.92. The molecule has 104 valence electrons. The molecule has 1 aromatic rings. The summed E-state index contributed by atoms with van der Waals surface area (Å²) in [5, 5.41) is 0. The van der Waals surface area contributed by atoms with Crippen molar-refractivity contribution in [2.45, 2.75) is 40.2 Å². The first-order valence-corrected chi connectivity index (χ1v) is 7.11. The van der Waals surface area contributed by atoms with Crippen LogP contribution in [-0.2, 0) is 17.7 Å². The van der Waals surface area contributed by atoms with E-state index >= 15 is 0 Å². The van der Waals surface area contributed by atoms with Crippen LogP contribution >= 0.6 is 0 Å². The van der Waals surface area contributed by atoms with Gasteiger partial charge in [-0.25, -0.2) is 4.98 Å². The highest BCUT2D eigenvalue weighted by Gasteiger charge is 2.04. The van der Waals surface area contributed by atoms with Gasteiger partial charge in [0.25, 0.3) is 0 Å². The molecule has 0 N–H and O–H groups in total. The van der Waals surface area contributed by atoms with Gasteiger partial charge in [-0.1, -0.05) is 13.8 Å². The van der Waals surface area contributed by atoms with Gasteiger partial charge in [0.05, 0.1) is 6.61 Å². The van der Waals surface area contributed by atoms with Crippen LogP contribution in [-0.4, -0.2) is 47.3 Å². The molecule has 1 heterocycles. The third kappa shape index (κ3) is 5.19. The zero-order valence-corrected chi connectivity index (χ0v) is 12.1. The lowest BCUT2D eigenvalue weighted by Crippen LogP contribution is -2.24. The quantitative estimate of drug-likeness (QED) is 0.599. The molecule has 0 aliphatic heterocycles. The van der Waals surface area contributed by atoms with Crippen LogP contribution in [0.25, 0.3) is 0 Å². The zero-order chi connectivity index (χ0) is 13.2. The maximum absolute atomic E-state index is 5.38. The van der Waals surface area contributed by atoms with Gasteiger partial charge in [-0.15, -0.1) is 0 Å².